The second-order valence-electron chi connectivity index (χ2n) is 7.26. The van der Waals surface area contributed by atoms with Gasteiger partial charge in [-0.15, -0.1) is 5.10 Å². The Morgan fingerprint density at radius 2 is 1.63 bits per heavy atom. The van der Waals surface area contributed by atoms with Crippen molar-refractivity contribution in [2.24, 2.45) is 0 Å². The van der Waals surface area contributed by atoms with Crippen molar-refractivity contribution in [2.75, 3.05) is 26.2 Å². The molecule has 30 heavy (non-hydrogen) atoms. The van der Waals surface area contributed by atoms with Gasteiger partial charge in [0.05, 0.1) is 18.5 Å². The number of hydrogen-bond acceptors (Lipinski definition) is 4. The molecule has 2 aromatic carbocycles. The van der Waals surface area contributed by atoms with Gasteiger partial charge in [-0.3, -0.25) is 0 Å². The Balaban J connectivity index is 1.54. The summed E-state index contributed by atoms with van der Waals surface area (Å²) in [5.74, 6) is 0.625. The molecule has 2 heterocycles. The lowest BCUT2D eigenvalue weighted by Gasteiger charge is -2.17. The molecule has 0 N–H and O–H groups in total. The van der Waals surface area contributed by atoms with Crippen molar-refractivity contribution in [1.29, 1.82) is 0 Å². The molecule has 4 aromatic rings. The summed E-state index contributed by atoms with van der Waals surface area (Å²) < 4.78 is 7.79. The first-order valence-corrected chi connectivity index (χ1v) is 10.6. The van der Waals surface area contributed by atoms with Crippen LogP contribution in [0.5, 0.6) is 5.88 Å². The molecule has 0 fully saturated rings. The van der Waals surface area contributed by atoms with Gasteiger partial charge in [-0.05, 0) is 42.8 Å². The number of aromatic nitrogens is 3. The van der Waals surface area contributed by atoms with Crippen LogP contribution in [-0.2, 0) is 0 Å². The summed E-state index contributed by atoms with van der Waals surface area (Å²) in [5, 5.41) is 4.69. The third-order valence-corrected chi connectivity index (χ3v) is 5.37. The summed E-state index contributed by atoms with van der Waals surface area (Å²) in [6, 6.07) is 22.7. The van der Waals surface area contributed by atoms with Crippen molar-refractivity contribution in [2.45, 2.75) is 20.3 Å². The summed E-state index contributed by atoms with van der Waals surface area (Å²) >= 11 is 0. The smallest absolute Gasteiger partial charge is 0.231 e. The quantitative estimate of drug-likeness (QED) is 0.363. The standard InChI is InChI=1S/C25H28N4O/c1-3-28(4-2)16-9-17-30-25-15-14-24-26-19-23(29(24)27-25)22-13-8-12-21(18-22)20-10-6-5-7-11-20/h5-8,10-15,18-19H,3-4,9,16-17H2,1-2H3. The Labute approximate surface area is 177 Å². The van der Waals surface area contributed by atoms with Gasteiger partial charge < -0.3 is 9.64 Å². The Morgan fingerprint density at radius 1 is 0.867 bits per heavy atom. The third kappa shape index (κ3) is 4.52. The minimum atomic E-state index is 0.625. The van der Waals surface area contributed by atoms with Crippen LogP contribution in [0.15, 0.2) is 72.9 Å². The number of ether oxygens (including phenoxy) is 1. The first kappa shape index (κ1) is 20.1. The summed E-state index contributed by atoms with van der Waals surface area (Å²) in [4.78, 5) is 6.92. The molecule has 2 aromatic heterocycles. The molecule has 0 bridgehead atoms. The van der Waals surface area contributed by atoms with Crippen molar-refractivity contribution in [3.05, 3.63) is 72.9 Å². The Bertz CT molecular complexity index is 1090. The van der Waals surface area contributed by atoms with Gasteiger partial charge in [-0.1, -0.05) is 62.4 Å². The second-order valence-corrected chi connectivity index (χ2v) is 7.26. The van der Waals surface area contributed by atoms with Crippen molar-refractivity contribution in [1.82, 2.24) is 19.5 Å². The predicted molar refractivity (Wildman–Crippen MR) is 122 cm³/mol. The Kier molecular flexibility index (Phi) is 6.40. The van der Waals surface area contributed by atoms with Crippen LogP contribution in [0, 0.1) is 0 Å². The maximum absolute atomic E-state index is 5.92. The van der Waals surface area contributed by atoms with Gasteiger partial charge >= 0.3 is 0 Å². The average molecular weight is 401 g/mol. The molecule has 5 heteroatoms. The SMILES string of the molecule is CCN(CC)CCCOc1ccc2ncc(-c3cccc(-c4ccccc4)c3)n2n1. The van der Waals surface area contributed by atoms with Crippen molar-refractivity contribution < 1.29 is 4.74 Å². The topological polar surface area (TPSA) is 42.7 Å². The summed E-state index contributed by atoms with van der Waals surface area (Å²) in [7, 11) is 0. The average Bonchev–Trinajstić information content (AvgIpc) is 3.23. The zero-order chi connectivity index (χ0) is 20.8. The number of imidazole rings is 1. The van der Waals surface area contributed by atoms with Crippen LogP contribution >= 0.6 is 0 Å². The minimum absolute atomic E-state index is 0.625. The van der Waals surface area contributed by atoms with Crippen molar-refractivity contribution in [3.63, 3.8) is 0 Å². The molecular weight excluding hydrogens is 372 g/mol. The van der Waals surface area contributed by atoms with Gasteiger partial charge in [0, 0.05) is 18.2 Å². The number of rotatable bonds is 9. The van der Waals surface area contributed by atoms with Crippen LogP contribution in [0.25, 0.3) is 28.0 Å². The summed E-state index contributed by atoms with van der Waals surface area (Å²) in [6.07, 6.45) is 2.86. The monoisotopic (exact) mass is 400 g/mol. The molecule has 0 saturated carbocycles. The van der Waals surface area contributed by atoms with Crippen LogP contribution in [0.2, 0.25) is 0 Å². The molecule has 154 valence electrons. The fourth-order valence-corrected chi connectivity index (χ4v) is 3.62. The molecule has 0 atom stereocenters. The molecule has 0 aliphatic rings. The van der Waals surface area contributed by atoms with E-state index in [1.807, 2.05) is 28.9 Å². The van der Waals surface area contributed by atoms with Crippen molar-refractivity contribution in [3.8, 4) is 28.3 Å². The van der Waals surface area contributed by atoms with Gasteiger partial charge in [0.2, 0.25) is 5.88 Å². The molecule has 4 rings (SSSR count). The lowest BCUT2D eigenvalue weighted by atomic mass is 10.0. The van der Waals surface area contributed by atoms with Gasteiger partial charge in [-0.25, -0.2) is 9.50 Å². The first-order valence-electron chi connectivity index (χ1n) is 10.6. The number of benzene rings is 2. The van der Waals surface area contributed by atoms with E-state index in [1.54, 1.807) is 0 Å². The van der Waals surface area contributed by atoms with E-state index < -0.39 is 0 Å². The molecule has 0 spiro atoms. The van der Waals surface area contributed by atoms with Gasteiger partial charge in [0.15, 0.2) is 5.65 Å². The molecular formula is C25H28N4O. The van der Waals surface area contributed by atoms with Crippen LogP contribution in [0.1, 0.15) is 20.3 Å². The zero-order valence-corrected chi connectivity index (χ0v) is 17.7. The first-order chi connectivity index (χ1) is 14.8. The molecule has 0 unspecified atom stereocenters. The maximum atomic E-state index is 5.92. The van der Waals surface area contributed by atoms with E-state index in [9.17, 15) is 0 Å². The Hall–Kier alpha value is -3.18. The highest BCUT2D eigenvalue weighted by Crippen LogP contribution is 2.27. The summed E-state index contributed by atoms with van der Waals surface area (Å²) in [6.45, 7) is 8.21. The third-order valence-electron chi connectivity index (χ3n) is 5.37. The van der Waals surface area contributed by atoms with E-state index in [1.165, 1.54) is 11.1 Å². The molecule has 0 saturated heterocycles. The van der Waals surface area contributed by atoms with E-state index in [-0.39, 0.29) is 0 Å². The lowest BCUT2D eigenvalue weighted by molar-refractivity contribution is 0.242. The molecule has 5 nitrogen and oxygen atoms in total. The van der Waals surface area contributed by atoms with Gasteiger partial charge in [-0.2, -0.15) is 0 Å². The summed E-state index contributed by atoms with van der Waals surface area (Å²) in [5.41, 5.74) is 5.21. The van der Waals surface area contributed by atoms with Gasteiger partial charge in [0.25, 0.3) is 0 Å². The highest BCUT2D eigenvalue weighted by atomic mass is 16.5. The maximum Gasteiger partial charge on any atom is 0.231 e. The lowest BCUT2D eigenvalue weighted by Crippen LogP contribution is -2.25. The second kappa shape index (κ2) is 9.55. The fourth-order valence-electron chi connectivity index (χ4n) is 3.62. The predicted octanol–water partition coefficient (Wildman–Crippen LogP) is 5.17. The minimum Gasteiger partial charge on any atom is -0.477 e. The normalized spacial score (nSPS) is 11.3. The molecule has 0 amide bonds. The highest BCUT2D eigenvalue weighted by Gasteiger charge is 2.10. The number of nitrogens with zero attached hydrogens (tertiary/aromatic N) is 4. The van der Waals surface area contributed by atoms with Crippen LogP contribution < -0.4 is 4.74 Å². The molecule has 0 aliphatic heterocycles. The Morgan fingerprint density at radius 3 is 2.43 bits per heavy atom. The van der Waals surface area contributed by atoms with E-state index in [4.69, 9.17) is 4.74 Å². The zero-order valence-electron chi connectivity index (χ0n) is 17.7. The number of hydrogen-bond donors (Lipinski definition) is 0. The van der Waals surface area contributed by atoms with E-state index in [0.717, 1.165) is 43.0 Å². The molecule has 0 aliphatic carbocycles. The van der Waals surface area contributed by atoms with E-state index >= 15 is 0 Å². The van der Waals surface area contributed by atoms with Crippen LogP contribution in [-0.4, -0.2) is 45.7 Å². The van der Waals surface area contributed by atoms with Crippen LogP contribution in [0.4, 0.5) is 0 Å². The van der Waals surface area contributed by atoms with Crippen LogP contribution in [0.3, 0.4) is 0 Å². The number of fused-ring (bicyclic) bond motifs is 1. The largest absolute Gasteiger partial charge is 0.477 e. The fraction of sp³-hybridized carbons (Fsp3) is 0.280. The van der Waals surface area contributed by atoms with Crippen molar-refractivity contribution >= 4 is 5.65 Å². The molecule has 0 radical (unpaired) electrons. The van der Waals surface area contributed by atoms with E-state index in [2.05, 4.69) is 77.4 Å². The highest BCUT2D eigenvalue weighted by molar-refractivity contribution is 5.72. The van der Waals surface area contributed by atoms with E-state index in [0.29, 0.717) is 12.5 Å². The van der Waals surface area contributed by atoms with Gasteiger partial charge in [0.1, 0.15) is 0 Å².